The zero-order valence-corrected chi connectivity index (χ0v) is 12.3. The van der Waals surface area contributed by atoms with Gasteiger partial charge in [0.25, 0.3) is 10.2 Å². The van der Waals surface area contributed by atoms with Gasteiger partial charge < -0.3 is 0 Å². The van der Waals surface area contributed by atoms with Crippen LogP contribution in [-0.2, 0) is 16.8 Å². The molecule has 6 heteroatoms. The second-order valence-corrected chi connectivity index (χ2v) is 7.24. The van der Waals surface area contributed by atoms with Gasteiger partial charge in [-0.15, -0.1) is 0 Å². The van der Waals surface area contributed by atoms with E-state index in [0.29, 0.717) is 25.6 Å². The highest BCUT2D eigenvalue weighted by molar-refractivity contribution is 7.86. The summed E-state index contributed by atoms with van der Waals surface area (Å²) in [6.07, 6.45) is 5.25. The number of rotatable bonds is 4. The highest BCUT2D eigenvalue weighted by atomic mass is 32.2. The zero-order valence-electron chi connectivity index (χ0n) is 11.5. The number of aromatic nitrogens is 1. The Morgan fingerprint density at radius 3 is 2.47 bits per heavy atom. The third kappa shape index (κ3) is 3.52. The quantitative estimate of drug-likeness (QED) is 0.841. The Balaban J connectivity index is 2.03. The summed E-state index contributed by atoms with van der Waals surface area (Å²) >= 11 is 0. The average molecular weight is 283 g/mol. The van der Waals surface area contributed by atoms with Crippen molar-refractivity contribution >= 4 is 10.2 Å². The van der Waals surface area contributed by atoms with E-state index in [1.54, 1.807) is 23.7 Å². The number of pyridine rings is 1. The predicted molar refractivity (Wildman–Crippen MR) is 74.6 cm³/mol. The van der Waals surface area contributed by atoms with Crippen LogP contribution in [0.15, 0.2) is 24.5 Å². The molecule has 5 nitrogen and oxygen atoms in total. The monoisotopic (exact) mass is 283 g/mol. The molecule has 19 heavy (non-hydrogen) atoms. The highest BCUT2D eigenvalue weighted by Gasteiger charge is 2.29. The van der Waals surface area contributed by atoms with E-state index in [4.69, 9.17) is 0 Å². The van der Waals surface area contributed by atoms with E-state index >= 15 is 0 Å². The van der Waals surface area contributed by atoms with Gasteiger partial charge in [-0.25, -0.2) is 0 Å². The third-order valence-electron chi connectivity index (χ3n) is 3.62. The van der Waals surface area contributed by atoms with E-state index in [2.05, 4.69) is 11.9 Å². The van der Waals surface area contributed by atoms with Gasteiger partial charge in [0.1, 0.15) is 0 Å². The van der Waals surface area contributed by atoms with Crippen LogP contribution in [0.2, 0.25) is 0 Å². The highest BCUT2D eigenvalue weighted by Crippen LogP contribution is 2.20. The Kier molecular flexibility index (Phi) is 4.54. The summed E-state index contributed by atoms with van der Waals surface area (Å²) in [4.78, 5) is 3.93. The van der Waals surface area contributed by atoms with Crippen molar-refractivity contribution in [2.24, 2.45) is 5.92 Å². The molecule has 0 unspecified atom stereocenters. The minimum absolute atomic E-state index is 0.386. The molecular weight excluding hydrogens is 262 g/mol. The Bertz CT molecular complexity index is 496. The van der Waals surface area contributed by atoms with Gasteiger partial charge in [-0.05, 0) is 36.5 Å². The molecule has 1 aromatic rings. The summed E-state index contributed by atoms with van der Waals surface area (Å²) in [7, 11) is -1.70. The first kappa shape index (κ1) is 14.4. The SMILES string of the molecule is CC1CCN(S(=O)(=O)N(C)Cc2ccncc2)CC1. The fraction of sp³-hybridized carbons (Fsp3) is 0.615. The first-order valence-corrected chi connectivity index (χ1v) is 8.00. The van der Waals surface area contributed by atoms with Crippen molar-refractivity contribution in [3.63, 3.8) is 0 Å². The molecule has 1 aromatic heterocycles. The van der Waals surface area contributed by atoms with E-state index in [-0.39, 0.29) is 0 Å². The Hall–Kier alpha value is -0.980. The summed E-state index contributed by atoms with van der Waals surface area (Å²) in [6, 6.07) is 3.68. The summed E-state index contributed by atoms with van der Waals surface area (Å²) in [5.74, 6) is 0.622. The van der Waals surface area contributed by atoms with Gasteiger partial charge in [0, 0.05) is 39.1 Å². The van der Waals surface area contributed by atoms with Crippen LogP contribution in [0, 0.1) is 5.92 Å². The number of piperidine rings is 1. The van der Waals surface area contributed by atoms with Crippen LogP contribution in [0.3, 0.4) is 0 Å². The van der Waals surface area contributed by atoms with Crippen molar-refractivity contribution in [2.75, 3.05) is 20.1 Å². The molecule has 1 aliphatic heterocycles. The average Bonchev–Trinajstić information content (AvgIpc) is 2.40. The molecule has 0 spiro atoms. The third-order valence-corrected chi connectivity index (χ3v) is 5.55. The molecule has 106 valence electrons. The number of hydrogen-bond donors (Lipinski definition) is 0. The smallest absolute Gasteiger partial charge is 0.265 e. The molecule has 2 heterocycles. The summed E-state index contributed by atoms with van der Waals surface area (Å²) in [5, 5.41) is 0. The Labute approximate surface area is 115 Å². The van der Waals surface area contributed by atoms with Gasteiger partial charge in [-0.3, -0.25) is 4.98 Å². The molecule has 1 aliphatic rings. The molecule has 0 saturated carbocycles. The molecule has 1 saturated heterocycles. The maximum absolute atomic E-state index is 12.4. The summed E-state index contributed by atoms with van der Waals surface area (Å²) < 4.78 is 27.9. The first-order chi connectivity index (χ1) is 9.00. The molecule has 0 bridgehead atoms. The zero-order chi connectivity index (χ0) is 13.9. The van der Waals surface area contributed by atoms with Crippen LogP contribution in [0.5, 0.6) is 0 Å². The van der Waals surface area contributed by atoms with Crippen molar-refractivity contribution in [3.05, 3.63) is 30.1 Å². The van der Waals surface area contributed by atoms with Crippen molar-refractivity contribution in [1.29, 1.82) is 0 Å². The maximum atomic E-state index is 12.4. The maximum Gasteiger partial charge on any atom is 0.282 e. The van der Waals surface area contributed by atoms with E-state index in [1.807, 2.05) is 12.1 Å². The van der Waals surface area contributed by atoms with Crippen molar-refractivity contribution in [2.45, 2.75) is 26.3 Å². The molecule has 0 aliphatic carbocycles. The first-order valence-electron chi connectivity index (χ1n) is 6.60. The standard InChI is InChI=1S/C13H21N3O2S/c1-12-5-9-16(10-6-12)19(17,18)15(2)11-13-3-7-14-8-4-13/h3-4,7-8,12H,5-6,9-11H2,1-2H3. The van der Waals surface area contributed by atoms with Crippen LogP contribution in [0.4, 0.5) is 0 Å². The predicted octanol–water partition coefficient (Wildman–Crippen LogP) is 1.49. The van der Waals surface area contributed by atoms with Crippen molar-refractivity contribution < 1.29 is 8.42 Å². The minimum Gasteiger partial charge on any atom is -0.265 e. The van der Waals surface area contributed by atoms with Crippen LogP contribution < -0.4 is 0 Å². The second-order valence-electron chi connectivity index (χ2n) is 5.20. The lowest BCUT2D eigenvalue weighted by atomic mass is 10.0. The molecule has 0 atom stereocenters. The molecule has 2 rings (SSSR count). The van der Waals surface area contributed by atoms with Crippen LogP contribution >= 0.6 is 0 Å². The second kappa shape index (κ2) is 5.98. The van der Waals surface area contributed by atoms with E-state index in [0.717, 1.165) is 18.4 Å². The summed E-state index contributed by atoms with van der Waals surface area (Å²) in [6.45, 7) is 3.82. The fourth-order valence-electron chi connectivity index (χ4n) is 2.24. The number of hydrogen-bond acceptors (Lipinski definition) is 3. The molecule has 0 radical (unpaired) electrons. The van der Waals surface area contributed by atoms with E-state index in [1.165, 1.54) is 4.31 Å². The normalized spacial score (nSPS) is 18.9. The van der Waals surface area contributed by atoms with Gasteiger partial charge in [0.05, 0.1) is 0 Å². The largest absolute Gasteiger partial charge is 0.282 e. The van der Waals surface area contributed by atoms with Crippen LogP contribution in [0.25, 0.3) is 0 Å². The van der Waals surface area contributed by atoms with Gasteiger partial charge >= 0.3 is 0 Å². The fourth-order valence-corrected chi connectivity index (χ4v) is 3.62. The van der Waals surface area contributed by atoms with Gasteiger partial charge in [0.2, 0.25) is 0 Å². The topological polar surface area (TPSA) is 53.5 Å². The molecule has 0 aromatic carbocycles. The lowest BCUT2D eigenvalue weighted by Crippen LogP contribution is -2.45. The van der Waals surface area contributed by atoms with E-state index < -0.39 is 10.2 Å². The molecular formula is C13H21N3O2S. The lowest BCUT2D eigenvalue weighted by Gasteiger charge is -2.32. The Morgan fingerprint density at radius 2 is 1.89 bits per heavy atom. The molecule has 1 fully saturated rings. The molecule has 0 amide bonds. The van der Waals surface area contributed by atoms with Crippen LogP contribution in [-0.4, -0.2) is 42.1 Å². The minimum atomic E-state index is -3.34. The lowest BCUT2D eigenvalue weighted by molar-refractivity contribution is 0.269. The van der Waals surface area contributed by atoms with Crippen molar-refractivity contribution in [3.8, 4) is 0 Å². The van der Waals surface area contributed by atoms with Gasteiger partial charge in [-0.2, -0.15) is 17.0 Å². The summed E-state index contributed by atoms with van der Waals surface area (Å²) in [5.41, 5.74) is 0.950. The van der Waals surface area contributed by atoms with Crippen LogP contribution in [0.1, 0.15) is 25.3 Å². The van der Waals surface area contributed by atoms with Gasteiger partial charge in [-0.1, -0.05) is 6.92 Å². The van der Waals surface area contributed by atoms with E-state index in [9.17, 15) is 8.42 Å². The molecule has 0 N–H and O–H groups in total. The Morgan fingerprint density at radius 1 is 1.32 bits per heavy atom. The number of nitrogens with zero attached hydrogens (tertiary/aromatic N) is 3. The van der Waals surface area contributed by atoms with Crippen molar-refractivity contribution in [1.82, 2.24) is 13.6 Å². The van der Waals surface area contributed by atoms with Gasteiger partial charge in [0.15, 0.2) is 0 Å².